The third-order valence-corrected chi connectivity index (χ3v) is 4.13. The van der Waals surface area contributed by atoms with Crippen molar-refractivity contribution in [2.24, 2.45) is 5.41 Å². The summed E-state index contributed by atoms with van der Waals surface area (Å²) in [7, 11) is 0. The fraction of sp³-hybridized carbons (Fsp3) is 0.727. The van der Waals surface area contributed by atoms with Crippen molar-refractivity contribution in [3.05, 3.63) is 29.8 Å². The molecule has 0 saturated heterocycles. The molecule has 0 bridgehead atoms. The van der Waals surface area contributed by atoms with Crippen LogP contribution in [0.1, 0.15) is 66.4 Å². The second-order valence-electron chi connectivity index (χ2n) is 9.27. The SMILES string of the molecule is CC(C)c1ccccc1OCCOC[C@H](O)CNC(C)(C)CC(C)(C)C. The molecule has 1 rings (SSSR count). The van der Waals surface area contributed by atoms with Crippen molar-refractivity contribution in [3.8, 4) is 5.75 Å². The number of aliphatic hydroxyl groups is 1. The van der Waals surface area contributed by atoms with Crippen LogP contribution < -0.4 is 10.1 Å². The number of aliphatic hydroxyl groups excluding tert-OH is 1. The first-order valence-electron chi connectivity index (χ1n) is 9.73. The number of nitrogens with one attached hydrogen (secondary N) is 1. The molecule has 4 heteroatoms. The van der Waals surface area contributed by atoms with E-state index in [9.17, 15) is 5.11 Å². The maximum Gasteiger partial charge on any atom is 0.122 e. The number of para-hydroxylation sites is 1. The topological polar surface area (TPSA) is 50.7 Å². The molecule has 1 aromatic rings. The predicted octanol–water partition coefficient (Wildman–Crippen LogP) is 4.37. The van der Waals surface area contributed by atoms with Crippen LogP contribution >= 0.6 is 0 Å². The highest BCUT2D eigenvalue weighted by atomic mass is 16.5. The average Bonchev–Trinajstić information content (AvgIpc) is 2.50. The van der Waals surface area contributed by atoms with E-state index in [2.05, 4.69) is 59.8 Å². The van der Waals surface area contributed by atoms with E-state index in [4.69, 9.17) is 9.47 Å². The zero-order valence-electron chi connectivity index (χ0n) is 17.8. The highest BCUT2D eigenvalue weighted by Crippen LogP contribution is 2.27. The Morgan fingerprint density at radius 1 is 1.04 bits per heavy atom. The lowest BCUT2D eigenvalue weighted by molar-refractivity contribution is 0.0210. The maximum absolute atomic E-state index is 10.1. The number of ether oxygens (including phenoxy) is 2. The first-order chi connectivity index (χ1) is 12.0. The molecular weight excluding hydrogens is 326 g/mol. The van der Waals surface area contributed by atoms with Gasteiger partial charge in [0.2, 0.25) is 0 Å². The van der Waals surface area contributed by atoms with E-state index in [0.717, 1.165) is 12.2 Å². The van der Waals surface area contributed by atoms with Gasteiger partial charge in [-0.05, 0) is 43.2 Å². The van der Waals surface area contributed by atoms with Gasteiger partial charge in [-0.15, -0.1) is 0 Å². The molecule has 26 heavy (non-hydrogen) atoms. The summed E-state index contributed by atoms with van der Waals surface area (Å²) in [5, 5.41) is 13.6. The molecule has 0 aliphatic rings. The summed E-state index contributed by atoms with van der Waals surface area (Å²) in [6, 6.07) is 8.10. The molecule has 2 N–H and O–H groups in total. The minimum absolute atomic E-state index is 0.0110. The van der Waals surface area contributed by atoms with E-state index in [1.807, 2.05) is 18.2 Å². The Kier molecular flexibility index (Phi) is 9.08. The van der Waals surface area contributed by atoms with Crippen molar-refractivity contribution in [1.29, 1.82) is 0 Å². The Bertz CT molecular complexity index is 520. The van der Waals surface area contributed by atoms with Gasteiger partial charge >= 0.3 is 0 Å². The second-order valence-corrected chi connectivity index (χ2v) is 9.27. The van der Waals surface area contributed by atoms with Gasteiger partial charge in [0.15, 0.2) is 0 Å². The minimum atomic E-state index is -0.516. The van der Waals surface area contributed by atoms with Crippen LogP contribution in [0.4, 0.5) is 0 Å². The van der Waals surface area contributed by atoms with E-state index < -0.39 is 6.10 Å². The third-order valence-electron chi connectivity index (χ3n) is 4.13. The molecule has 0 aromatic heterocycles. The van der Waals surface area contributed by atoms with Crippen LogP contribution in [0.15, 0.2) is 24.3 Å². The van der Waals surface area contributed by atoms with Crippen LogP contribution in [-0.2, 0) is 4.74 Å². The van der Waals surface area contributed by atoms with Crippen LogP contribution in [0.3, 0.4) is 0 Å². The minimum Gasteiger partial charge on any atom is -0.491 e. The second kappa shape index (κ2) is 10.3. The van der Waals surface area contributed by atoms with Crippen molar-refractivity contribution in [3.63, 3.8) is 0 Å². The summed E-state index contributed by atoms with van der Waals surface area (Å²) in [6.45, 7) is 17.1. The van der Waals surface area contributed by atoms with Crippen molar-refractivity contribution in [2.45, 2.75) is 72.4 Å². The van der Waals surface area contributed by atoms with Crippen LogP contribution in [0.5, 0.6) is 5.75 Å². The quantitative estimate of drug-likeness (QED) is 0.572. The molecule has 0 aliphatic carbocycles. The first kappa shape index (κ1) is 22.9. The Morgan fingerprint density at radius 3 is 2.31 bits per heavy atom. The lowest BCUT2D eigenvalue weighted by Crippen LogP contribution is -2.46. The van der Waals surface area contributed by atoms with Gasteiger partial charge in [0.25, 0.3) is 0 Å². The van der Waals surface area contributed by atoms with Crippen LogP contribution in [0, 0.1) is 5.41 Å². The summed E-state index contributed by atoms with van der Waals surface area (Å²) >= 11 is 0. The van der Waals surface area contributed by atoms with Crippen molar-refractivity contribution in [2.75, 3.05) is 26.4 Å². The van der Waals surface area contributed by atoms with Gasteiger partial charge in [0, 0.05) is 12.1 Å². The summed E-state index contributed by atoms with van der Waals surface area (Å²) in [4.78, 5) is 0. The predicted molar refractivity (Wildman–Crippen MR) is 109 cm³/mol. The molecule has 0 radical (unpaired) electrons. The molecule has 150 valence electrons. The maximum atomic E-state index is 10.1. The molecular formula is C22H39NO3. The Morgan fingerprint density at radius 2 is 1.69 bits per heavy atom. The largest absolute Gasteiger partial charge is 0.491 e. The van der Waals surface area contributed by atoms with Gasteiger partial charge in [-0.2, -0.15) is 0 Å². The fourth-order valence-corrected chi connectivity index (χ4v) is 3.36. The molecule has 0 saturated carbocycles. The fourth-order valence-electron chi connectivity index (χ4n) is 3.36. The normalized spacial score (nSPS) is 13.9. The van der Waals surface area contributed by atoms with Gasteiger partial charge in [-0.1, -0.05) is 52.8 Å². The molecule has 1 aromatic carbocycles. The zero-order chi connectivity index (χ0) is 19.8. The van der Waals surface area contributed by atoms with Gasteiger partial charge in [0.05, 0.1) is 19.3 Å². The van der Waals surface area contributed by atoms with E-state index in [1.54, 1.807) is 0 Å². The molecule has 1 atom stereocenters. The number of β-amino-alcohol motifs (C(OH)–C–C–N with tert-alkyl or cyclic N) is 1. The monoisotopic (exact) mass is 365 g/mol. The summed E-state index contributed by atoms with van der Waals surface area (Å²) in [6.07, 6.45) is 0.522. The molecule has 4 nitrogen and oxygen atoms in total. The van der Waals surface area contributed by atoms with Crippen LogP contribution in [0.25, 0.3) is 0 Å². The third kappa shape index (κ3) is 9.56. The lowest BCUT2D eigenvalue weighted by atomic mass is 9.82. The van der Waals surface area contributed by atoms with Gasteiger partial charge < -0.3 is 19.9 Å². The number of hydrogen-bond donors (Lipinski definition) is 2. The van der Waals surface area contributed by atoms with Gasteiger partial charge in [0.1, 0.15) is 12.4 Å². The van der Waals surface area contributed by atoms with Gasteiger partial charge in [-0.25, -0.2) is 0 Å². The highest BCUT2D eigenvalue weighted by molar-refractivity contribution is 5.35. The van der Waals surface area contributed by atoms with E-state index >= 15 is 0 Å². The van der Waals surface area contributed by atoms with Crippen LogP contribution in [0.2, 0.25) is 0 Å². The molecule has 0 unspecified atom stereocenters. The van der Waals surface area contributed by atoms with Crippen molar-refractivity contribution in [1.82, 2.24) is 5.32 Å². The zero-order valence-corrected chi connectivity index (χ0v) is 17.8. The van der Waals surface area contributed by atoms with Crippen molar-refractivity contribution >= 4 is 0 Å². The first-order valence-corrected chi connectivity index (χ1v) is 9.73. The standard InChI is InChI=1S/C22H39NO3/c1-17(2)19-10-8-9-11-20(19)26-13-12-25-15-18(24)14-23-22(6,7)16-21(3,4)5/h8-11,17-18,23-24H,12-16H2,1-7H3/t18-/m1/s1. The Hall–Kier alpha value is -1.10. The summed E-state index contributed by atoms with van der Waals surface area (Å²) in [5.74, 6) is 1.34. The van der Waals surface area contributed by atoms with Crippen molar-refractivity contribution < 1.29 is 14.6 Å². The van der Waals surface area contributed by atoms with Gasteiger partial charge in [-0.3, -0.25) is 0 Å². The Labute approximate surface area is 160 Å². The van der Waals surface area contributed by atoms with E-state index in [0.29, 0.717) is 32.3 Å². The summed E-state index contributed by atoms with van der Waals surface area (Å²) in [5.41, 5.74) is 1.45. The summed E-state index contributed by atoms with van der Waals surface area (Å²) < 4.78 is 11.4. The molecule has 0 fully saturated rings. The van der Waals surface area contributed by atoms with E-state index in [-0.39, 0.29) is 11.0 Å². The molecule has 0 aliphatic heterocycles. The number of benzene rings is 1. The molecule has 0 amide bonds. The lowest BCUT2D eigenvalue weighted by Gasteiger charge is -2.34. The Balaban J connectivity index is 2.24. The van der Waals surface area contributed by atoms with Crippen LogP contribution in [-0.4, -0.2) is 43.1 Å². The smallest absolute Gasteiger partial charge is 0.122 e. The average molecular weight is 366 g/mol. The highest BCUT2D eigenvalue weighted by Gasteiger charge is 2.25. The van der Waals surface area contributed by atoms with E-state index in [1.165, 1.54) is 5.56 Å². The molecule has 0 heterocycles. The number of rotatable bonds is 11. The molecule has 0 spiro atoms. The number of hydrogen-bond acceptors (Lipinski definition) is 4.